The highest BCUT2D eigenvalue weighted by molar-refractivity contribution is 6.06. The highest BCUT2D eigenvalue weighted by Gasteiger charge is 2.52. The Morgan fingerprint density at radius 2 is 1.89 bits per heavy atom. The molecule has 0 radical (unpaired) electrons. The van der Waals surface area contributed by atoms with Gasteiger partial charge in [0.25, 0.3) is 5.91 Å². The number of benzene rings is 1. The second-order valence-electron chi connectivity index (χ2n) is 7.96. The first-order chi connectivity index (χ1) is 13.5. The zero-order valence-corrected chi connectivity index (χ0v) is 16.4. The Bertz CT molecular complexity index is 842. The molecule has 2 atom stereocenters. The molecule has 1 unspecified atom stereocenters. The largest absolute Gasteiger partial charge is 0.329 e. The Balaban J connectivity index is 1.43. The molecule has 2 fully saturated rings. The Kier molecular flexibility index (Phi) is 4.89. The molecule has 2 aromatic rings. The van der Waals surface area contributed by atoms with E-state index in [4.69, 9.17) is 0 Å². The summed E-state index contributed by atoms with van der Waals surface area (Å²) in [6.45, 7) is 2.47. The van der Waals surface area contributed by atoms with Crippen LogP contribution in [0.25, 0.3) is 5.69 Å². The maximum atomic E-state index is 13.0. The maximum absolute atomic E-state index is 13.0. The van der Waals surface area contributed by atoms with E-state index in [9.17, 15) is 9.59 Å². The van der Waals surface area contributed by atoms with E-state index in [1.165, 1.54) is 11.2 Å². The number of nitrogens with zero attached hydrogens (tertiary/aromatic N) is 4. The van der Waals surface area contributed by atoms with E-state index in [-0.39, 0.29) is 18.0 Å². The molecule has 8 heteroatoms. The van der Waals surface area contributed by atoms with Crippen molar-refractivity contribution in [3.8, 4) is 5.69 Å². The van der Waals surface area contributed by atoms with Crippen molar-refractivity contribution in [2.24, 2.45) is 0 Å². The van der Waals surface area contributed by atoms with Crippen molar-refractivity contribution in [2.45, 2.75) is 50.6 Å². The number of urea groups is 1. The van der Waals surface area contributed by atoms with E-state index in [0.29, 0.717) is 6.67 Å². The van der Waals surface area contributed by atoms with Crippen LogP contribution in [-0.4, -0.2) is 50.9 Å². The van der Waals surface area contributed by atoms with E-state index in [1.54, 1.807) is 11.0 Å². The molecule has 1 aromatic heterocycles. The molecule has 2 heterocycles. The zero-order valence-electron chi connectivity index (χ0n) is 16.4. The van der Waals surface area contributed by atoms with Crippen LogP contribution in [0.1, 0.15) is 50.6 Å². The molecular weight excluding hydrogens is 356 g/mol. The Morgan fingerprint density at radius 3 is 2.54 bits per heavy atom. The molecule has 4 rings (SSSR count). The summed E-state index contributed by atoms with van der Waals surface area (Å²) in [6.07, 6.45) is 7.81. The van der Waals surface area contributed by atoms with E-state index >= 15 is 0 Å². The van der Waals surface area contributed by atoms with Gasteiger partial charge in [0.2, 0.25) is 0 Å². The van der Waals surface area contributed by atoms with Gasteiger partial charge in [-0.05, 0) is 31.9 Å². The lowest BCUT2D eigenvalue weighted by atomic mass is 9.82. The fraction of sp³-hybridized carbons (Fsp3) is 0.500. The number of carbonyl (C=O) groups excluding carboxylic acids is 2. The molecule has 1 saturated heterocycles. The summed E-state index contributed by atoms with van der Waals surface area (Å²) in [7, 11) is 2.02. The molecule has 0 bridgehead atoms. The van der Waals surface area contributed by atoms with Gasteiger partial charge < -0.3 is 10.2 Å². The number of nitrogens with one attached hydrogen (secondary N) is 2. The van der Waals surface area contributed by atoms with E-state index in [1.807, 2.05) is 19.2 Å². The van der Waals surface area contributed by atoms with Gasteiger partial charge in [-0.1, -0.05) is 31.4 Å². The summed E-state index contributed by atoms with van der Waals surface area (Å²) in [5, 5.41) is 7.12. The molecule has 1 spiro atoms. The third-order valence-corrected chi connectivity index (χ3v) is 6.18. The molecule has 3 amide bonds. The van der Waals surface area contributed by atoms with Gasteiger partial charge in [-0.25, -0.2) is 19.4 Å². The molecule has 2 N–H and O–H groups in total. The fourth-order valence-corrected chi connectivity index (χ4v) is 4.24. The quantitative estimate of drug-likeness (QED) is 0.756. The van der Waals surface area contributed by atoms with Crippen LogP contribution in [0.3, 0.4) is 0 Å². The zero-order chi connectivity index (χ0) is 19.7. The number of rotatable bonds is 5. The number of hydrogen-bond acceptors (Lipinski definition) is 4. The topological polar surface area (TPSA) is 84.6 Å². The number of hydrogen-bond donors (Lipinski definition) is 2. The molecule has 8 nitrogen and oxygen atoms in total. The van der Waals surface area contributed by atoms with Gasteiger partial charge in [0.05, 0.1) is 12.7 Å². The first-order valence-electron chi connectivity index (χ1n) is 9.91. The van der Waals surface area contributed by atoms with Crippen molar-refractivity contribution in [1.82, 2.24) is 25.0 Å². The molecule has 2 aliphatic rings. The number of imide groups is 1. The number of aromatic nitrogens is 3. The van der Waals surface area contributed by atoms with Crippen molar-refractivity contribution >= 4 is 11.9 Å². The van der Waals surface area contributed by atoms with Gasteiger partial charge in [-0.15, -0.1) is 0 Å². The van der Waals surface area contributed by atoms with E-state index in [0.717, 1.165) is 48.3 Å². The third kappa shape index (κ3) is 3.28. The number of quaternary nitrogens is 1. The van der Waals surface area contributed by atoms with Crippen LogP contribution in [0.4, 0.5) is 4.79 Å². The Labute approximate surface area is 164 Å². The monoisotopic (exact) mass is 383 g/mol. The van der Waals surface area contributed by atoms with E-state index in [2.05, 4.69) is 34.5 Å². The van der Waals surface area contributed by atoms with Gasteiger partial charge in [-0.3, -0.25) is 4.79 Å². The lowest BCUT2D eigenvalue weighted by Crippen LogP contribution is -3.10. The molecule has 28 heavy (non-hydrogen) atoms. The van der Waals surface area contributed by atoms with Crippen LogP contribution in [0.15, 0.2) is 36.9 Å². The third-order valence-electron chi connectivity index (χ3n) is 6.18. The van der Waals surface area contributed by atoms with Crippen LogP contribution < -0.4 is 10.2 Å². The predicted octanol–water partition coefficient (Wildman–Crippen LogP) is 1.06. The van der Waals surface area contributed by atoms with Crippen LogP contribution in [0.5, 0.6) is 0 Å². The van der Waals surface area contributed by atoms with Gasteiger partial charge in [0.1, 0.15) is 24.2 Å². The minimum atomic E-state index is -0.654. The molecule has 1 aromatic carbocycles. The first-order valence-corrected chi connectivity index (χ1v) is 9.91. The highest BCUT2D eigenvalue weighted by atomic mass is 16.2. The fourth-order valence-electron chi connectivity index (χ4n) is 4.24. The maximum Gasteiger partial charge on any atom is 0.329 e. The minimum Gasteiger partial charge on any atom is -0.323 e. The SMILES string of the molecule is C[C@H](c1ccc(-n2cncn2)cc1)[NH+](C)CN1C(=O)NC2(CCCCC2)C1=O. The standard InChI is InChI=1S/C20H26N6O2/c1-15(16-6-8-17(9-7-16)26-13-21-12-22-26)24(2)14-25-18(27)20(23-19(25)28)10-4-3-5-11-20/h6-9,12-13,15H,3-5,10-11,14H2,1-2H3,(H,23,28)/p+1/t15-/m1/s1. The first kappa shape index (κ1) is 18.6. The van der Waals surface area contributed by atoms with Crippen molar-refractivity contribution in [1.29, 1.82) is 0 Å². The Morgan fingerprint density at radius 1 is 1.18 bits per heavy atom. The highest BCUT2D eigenvalue weighted by Crippen LogP contribution is 2.33. The smallest absolute Gasteiger partial charge is 0.323 e. The summed E-state index contributed by atoms with van der Waals surface area (Å²) >= 11 is 0. The molecule has 1 aliphatic heterocycles. The summed E-state index contributed by atoms with van der Waals surface area (Å²) < 4.78 is 1.71. The normalized spacial score (nSPS) is 21.0. The second-order valence-corrected chi connectivity index (χ2v) is 7.96. The lowest BCUT2D eigenvalue weighted by Gasteiger charge is -2.31. The number of amides is 3. The minimum absolute atomic E-state index is 0.0507. The Hall–Kier alpha value is -2.74. The summed E-state index contributed by atoms with van der Waals surface area (Å²) in [4.78, 5) is 31.9. The van der Waals surface area contributed by atoms with Gasteiger partial charge in [-0.2, -0.15) is 5.10 Å². The average Bonchev–Trinajstić information content (AvgIpc) is 3.32. The molecule has 1 saturated carbocycles. The van der Waals surface area contributed by atoms with Crippen LogP contribution in [0, 0.1) is 0 Å². The van der Waals surface area contributed by atoms with Gasteiger partial charge >= 0.3 is 6.03 Å². The van der Waals surface area contributed by atoms with Crippen LogP contribution in [0.2, 0.25) is 0 Å². The molecular formula is C20H27N6O2+. The second kappa shape index (κ2) is 7.35. The lowest BCUT2D eigenvalue weighted by molar-refractivity contribution is -0.917. The molecule has 148 valence electrons. The van der Waals surface area contributed by atoms with E-state index < -0.39 is 5.54 Å². The summed E-state index contributed by atoms with van der Waals surface area (Å²) in [6, 6.07) is 7.99. The van der Waals surface area contributed by atoms with Crippen LogP contribution >= 0.6 is 0 Å². The van der Waals surface area contributed by atoms with Crippen LogP contribution in [-0.2, 0) is 4.79 Å². The summed E-state index contributed by atoms with van der Waals surface area (Å²) in [5.74, 6) is -0.0507. The van der Waals surface area contributed by atoms with Crippen molar-refractivity contribution < 1.29 is 14.5 Å². The summed E-state index contributed by atoms with van der Waals surface area (Å²) in [5.41, 5.74) is 1.43. The van der Waals surface area contributed by atoms with Crippen molar-refractivity contribution in [2.75, 3.05) is 13.7 Å². The average molecular weight is 383 g/mol. The van der Waals surface area contributed by atoms with Gasteiger partial charge in [0, 0.05) is 5.56 Å². The number of carbonyl (C=O) groups is 2. The van der Waals surface area contributed by atoms with Gasteiger partial charge in [0.15, 0.2) is 6.67 Å². The van der Waals surface area contributed by atoms with Crippen molar-refractivity contribution in [3.63, 3.8) is 0 Å². The predicted molar refractivity (Wildman–Crippen MR) is 103 cm³/mol. The van der Waals surface area contributed by atoms with Crippen molar-refractivity contribution in [3.05, 3.63) is 42.5 Å². The molecule has 1 aliphatic carbocycles.